The molecule has 1 heterocycles. The Morgan fingerprint density at radius 3 is 2.80 bits per heavy atom. The monoisotopic (exact) mass is 278 g/mol. The number of benzene rings is 1. The minimum atomic E-state index is -0.461. The number of nitrogens with zero attached hydrogens (tertiary/aromatic N) is 3. The molecule has 1 aromatic heterocycles. The predicted octanol–water partition coefficient (Wildman–Crippen LogP) is 2.06. The third-order valence-electron chi connectivity index (χ3n) is 2.90. The molecule has 0 saturated heterocycles. The molecule has 2 aromatic rings. The van der Waals surface area contributed by atoms with Gasteiger partial charge >= 0.3 is 0 Å². The summed E-state index contributed by atoms with van der Waals surface area (Å²) >= 11 is 0. The van der Waals surface area contributed by atoms with Crippen molar-refractivity contribution in [3.63, 3.8) is 0 Å². The van der Waals surface area contributed by atoms with Crippen LogP contribution in [0.3, 0.4) is 0 Å². The normalized spacial score (nSPS) is 11.7. The molecule has 1 aromatic carbocycles. The topological polar surface area (TPSA) is 85.7 Å². The average molecular weight is 278 g/mol. The fourth-order valence-corrected chi connectivity index (χ4v) is 1.90. The van der Waals surface area contributed by atoms with Gasteiger partial charge in [0.25, 0.3) is 0 Å². The number of rotatable bonds is 3. The molecule has 6 nitrogen and oxygen atoms in total. The van der Waals surface area contributed by atoms with E-state index < -0.39 is 5.82 Å². The van der Waals surface area contributed by atoms with Crippen molar-refractivity contribution >= 4 is 5.84 Å². The van der Waals surface area contributed by atoms with Crippen LogP contribution in [-0.2, 0) is 7.05 Å². The molecule has 0 spiro atoms. The molecule has 2 rings (SSSR count). The summed E-state index contributed by atoms with van der Waals surface area (Å²) in [6, 6.07) is 4.82. The molecule has 0 unspecified atom stereocenters. The molecule has 0 amide bonds. The maximum atomic E-state index is 14.0. The Hall–Kier alpha value is -2.57. The summed E-state index contributed by atoms with van der Waals surface area (Å²) in [7, 11) is 1.63. The largest absolute Gasteiger partial charge is 0.435 e. The van der Waals surface area contributed by atoms with Gasteiger partial charge in [-0.1, -0.05) is 17.3 Å². The van der Waals surface area contributed by atoms with Crippen LogP contribution >= 0.6 is 0 Å². The lowest BCUT2D eigenvalue weighted by Crippen LogP contribution is -2.15. The van der Waals surface area contributed by atoms with E-state index in [1.165, 1.54) is 10.7 Å². The third kappa shape index (κ3) is 2.29. The fraction of sp³-hybridized carbons (Fsp3) is 0.231. The molecule has 0 saturated carbocycles. The minimum Gasteiger partial charge on any atom is -0.435 e. The lowest BCUT2D eigenvalue weighted by molar-refractivity contribution is 0.318. The smallest absolute Gasteiger partial charge is 0.229 e. The third-order valence-corrected chi connectivity index (χ3v) is 2.90. The van der Waals surface area contributed by atoms with Crippen LogP contribution in [0.1, 0.15) is 16.8 Å². The second kappa shape index (κ2) is 5.20. The van der Waals surface area contributed by atoms with Crippen LogP contribution in [0.25, 0.3) is 0 Å². The van der Waals surface area contributed by atoms with Crippen molar-refractivity contribution in [3.8, 4) is 11.6 Å². The highest BCUT2D eigenvalue weighted by molar-refractivity contribution is 6.00. The Morgan fingerprint density at radius 2 is 2.15 bits per heavy atom. The van der Waals surface area contributed by atoms with Gasteiger partial charge in [0.1, 0.15) is 5.56 Å². The Balaban J connectivity index is 2.51. The molecular weight excluding hydrogens is 263 g/mol. The van der Waals surface area contributed by atoms with Crippen molar-refractivity contribution in [1.29, 1.82) is 0 Å². The molecule has 20 heavy (non-hydrogen) atoms. The average Bonchev–Trinajstić information content (AvgIpc) is 2.69. The van der Waals surface area contributed by atoms with Crippen LogP contribution in [0.4, 0.5) is 4.39 Å². The first-order valence-electron chi connectivity index (χ1n) is 5.90. The molecule has 7 heteroatoms. The van der Waals surface area contributed by atoms with Crippen LogP contribution in [-0.4, -0.2) is 20.8 Å². The lowest BCUT2D eigenvalue weighted by atomic mass is 10.2. The SMILES string of the molecule is Cc1cccc(Oc2c(/C(N)=N/O)c(C)nn2C)c1F. The van der Waals surface area contributed by atoms with Gasteiger partial charge in [0.15, 0.2) is 17.4 Å². The number of amidine groups is 1. The van der Waals surface area contributed by atoms with Gasteiger partial charge in [0.05, 0.1) is 5.69 Å². The fourth-order valence-electron chi connectivity index (χ4n) is 1.90. The van der Waals surface area contributed by atoms with Crippen molar-refractivity contribution in [3.05, 3.63) is 40.8 Å². The maximum Gasteiger partial charge on any atom is 0.229 e. The molecular formula is C13H15FN4O2. The summed E-state index contributed by atoms with van der Waals surface area (Å²) in [6.07, 6.45) is 0. The summed E-state index contributed by atoms with van der Waals surface area (Å²) in [5.41, 5.74) is 6.92. The van der Waals surface area contributed by atoms with E-state index in [-0.39, 0.29) is 17.5 Å². The zero-order chi connectivity index (χ0) is 14.9. The van der Waals surface area contributed by atoms with Gasteiger partial charge in [-0.3, -0.25) is 0 Å². The van der Waals surface area contributed by atoms with Crippen LogP contribution in [0.5, 0.6) is 11.6 Å². The summed E-state index contributed by atoms with van der Waals surface area (Å²) in [5, 5.41) is 15.9. The van der Waals surface area contributed by atoms with Crippen molar-refractivity contribution in [1.82, 2.24) is 9.78 Å². The molecule has 0 aliphatic rings. The summed E-state index contributed by atoms with van der Waals surface area (Å²) < 4.78 is 20.9. The first-order chi connectivity index (χ1) is 9.45. The highest BCUT2D eigenvalue weighted by Crippen LogP contribution is 2.29. The zero-order valence-corrected chi connectivity index (χ0v) is 11.4. The minimum absolute atomic E-state index is 0.0555. The van der Waals surface area contributed by atoms with Gasteiger partial charge in [0.2, 0.25) is 5.88 Å². The molecule has 0 bridgehead atoms. The zero-order valence-electron chi connectivity index (χ0n) is 11.4. The van der Waals surface area contributed by atoms with Crippen LogP contribution in [0.15, 0.2) is 23.4 Å². The quantitative estimate of drug-likeness (QED) is 0.389. The number of ether oxygens (including phenoxy) is 1. The summed E-state index contributed by atoms with van der Waals surface area (Å²) in [6.45, 7) is 3.33. The maximum absolute atomic E-state index is 14.0. The van der Waals surface area contributed by atoms with E-state index >= 15 is 0 Å². The lowest BCUT2D eigenvalue weighted by Gasteiger charge is -2.10. The number of aryl methyl sites for hydroxylation is 3. The van der Waals surface area contributed by atoms with Crippen LogP contribution in [0, 0.1) is 19.7 Å². The summed E-state index contributed by atoms with van der Waals surface area (Å²) in [5.74, 6) is -0.335. The van der Waals surface area contributed by atoms with Gasteiger partial charge in [-0.15, -0.1) is 0 Å². The Bertz CT molecular complexity index is 679. The Morgan fingerprint density at radius 1 is 1.45 bits per heavy atom. The van der Waals surface area contributed by atoms with Crippen molar-refractivity contribution in [2.45, 2.75) is 13.8 Å². The van der Waals surface area contributed by atoms with Crippen molar-refractivity contribution in [2.75, 3.05) is 0 Å². The molecule has 3 N–H and O–H groups in total. The predicted molar refractivity (Wildman–Crippen MR) is 71.7 cm³/mol. The number of oxime groups is 1. The Labute approximate surface area is 115 Å². The van der Waals surface area contributed by atoms with Gasteiger partial charge < -0.3 is 15.7 Å². The van der Waals surface area contributed by atoms with E-state index in [4.69, 9.17) is 15.7 Å². The highest BCUT2D eigenvalue weighted by atomic mass is 19.1. The van der Waals surface area contributed by atoms with E-state index in [0.717, 1.165) is 0 Å². The van der Waals surface area contributed by atoms with Gasteiger partial charge in [-0.2, -0.15) is 5.10 Å². The molecule has 0 fully saturated rings. The molecule has 0 aliphatic carbocycles. The number of hydrogen-bond acceptors (Lipinski definition) is 4. The number of halogens is 1. The molecule has 106 valence electrons. The highest BCUT2D eigenvalue weighted by Gasteiger charge is 2.20. The van der Waals surface area contributed by atoms with E-state index in [1.54, 1.807) is 33.0 Å². The van der Waals surface area contributed by atoms with Crippen molar-refractivity contribution in [2.24, 2.45) is 17.9 Å². The number of hydrogen-bond donors (Lipinski definition) is 2. The summed E-state index contributed by atoms with van der Waals surface area (Å²) in [4.78, 5) is 0. The first kappa shape index (κ1) is 13.9. The molecule has 0 aliphatic heterocycles. The second-order valence-electron chi connectivity index (χ2n) is 4.36. The standard InChI is InChI=1S/C13H15FN4O2/c1-7-5-4-6-9(11(7)14)20-13-10(12(15)17-19)8(2)16-18(13)3/h4-6,19H,1-3H3,(H2,15,17). The van der Waals surface area contributed by atoms with Crippen molar-refractivity contribution < 1.29 is 14.3 Å². The van der Waals surface area contributed by atoms with Gasteiger partial charge in [-0.25, -0.2) is 9.07 Å². The molecule has 0 radical (unpaired) electrons. The first-order valence-corrected chi connectivity index (χ1v) is 5.90. The number of nitrogens with two attached hydrogens (primary N) is 1. The van der Waals surface area contributed by atoms with Crippen LogP contribution in [0.2, 0.25) is 0 Å². The van der Waals surface area contributed by atoms with E-state index in [9.17, 15) is 4.39 Å². The van der Waals surface area contributed by atoms with Crippen LogP contribution < -0.4 is 10.5 Å². The van der Waals surface area contributed by atoms with E-state index in [0.29, 0.717) is 16.8 Å². The number of aromatic nitrogens is 2. The van der Waals surface area contributed by atoms with E-state index in [2.05, 4.69) is 10.3 Å². The van der Waals surface area contributed by atoms with Gasteiger partial charge in [-0.05, 0) is 25.5 Å². The van der Waals surface area contributed by atoms with E-state index in [1.807, 2.05) is 0 Å². The molecule has 0 atom stereocenters. The van der Waals surface area contributed by atoms with Gasteiger partial charge in [0, 0.05) is 7.05 Å². The second-order valence-corrected chi connectivity index (χ2v) is 4.36. The Kier molecular flexibility index (Phi) is 3.60.